The van der Waals surface area contributed by atoms with E-state index in [0.29, 0.717) is 29.4 Å². The molecule has 2 amide bonds. The number of amides is 2. The Balaban J connectivity index is 1.38. The van der Waals surface area contributed by atoms with Crippen molar-refractivity contribution in [2.24, 2.45) is 5.10 Å². The van der Waals surface area contributed by atoms with Crippen molar-refractivity contribution in [3.05, 3.63) is 83.8 Å². The molecule has 0 unspecified atom stereocenters. The Bertz CT molecular complexity index is 1250. The number of esters is 1. The van der Waals surface area contributed by atoms with Gasteiger partial charge in [0.2, 0.25) is 0 Å². The number of hydrogen-bond acceptors (Lipinski definition) is 8. The second-order valence-electron chi connectivity index (χ2n) is 7.79. The SMILES string of the molecule is COc1ccc(C2=NN(C(=O)COC(=O)CNC(=O)c3ccccc3OC)[C@H](c3ccco3)C2)cc1. The second kappa shape index (κ2) is 11.2. The molecule has 1 N–H and O–H groups in total. The maximum Gasteiger partial charge on any atom is 0.325 e. The van der Waals surface area contributed by atoms with E-state index in [1.807, 2.05) is 24.3 Å². The van der Waals surface area contributed by atoms with E-state index < -0.39 is 37.0 Å². The van der Waals surface area contributed by atoms with Crippen molar-refractivity contribution in [3.8, 4) is 11.5 Å². The highest BCUT2D eigenvalue weighted by Gasteiger charge is 2.35. The molecule has 2 heterocycles. The molecule has 0 bridgehead atoms. The number of benzene rings is 2. The lowest BCUT2D eigenvalue weighted by Crippen LogP contribution is -2.34. The fourth-order valence-corrected chi connectivity index (χ4v) is 3.74. The number of furan rings is 1. The molecule has 0 fully saturated rings. The number of methoxy groups -OCH3 is 2. The van der Waals surface area contributed by atoms with Gasteiger partial charge in [-0.25, -0.2) is 5.01 Å². The van der Waals surface area contributed by atoms with Crippen LogP contribution in [0.15, 0.2) is 76.4 Å². The Kier molecular flexibility index (Phi) is 7.64. The van der Waals surface area contributed by atoms with Crippen molar-refractivity contribution in [1.82, 2.24) is 10.3 Å². The van der Waals surface area contributed by atoms with E-state index in [1.165, 1.54) is 18.4 Å². The highest BCUT2D eigenvalue weighted by Crippen LogP contribution is 2.33. The van der Waals surface area contributed by atoms with Gasteiger partial charge in [-0.3, -0.25) is 14.4 Å². The van der Waals surface area contributed by atoms with E-state index in [2.05, 4.69) is 10.4 Å². The zero-order valence-electron chi connectivity index (χ0n) is 19.8. The summed E-state index contributed by atoms with van der Waals surface area (Å²) in [5.74, 6) is -0.142. The van der Waals surface area contributed by atoms with Gasteiger partial charge >= 0.3 is 5.97 Å². The first-order valence-corrected chi connectivity index (χ1v) is 11.1. The van der Waals surface area contributed by atoms with E-state index in [1.54, 1.807) is 43.5 Å². The lowest BCUT2D eigenvalue weighted by molar-refractivity contribution is -0.152. The number of nitrogens with zero attached hydrogens (tertiary/aromatic N) is 2. The Morgan fingerprint density at radius 2 is 1.81 bits per heavy atom. The molecule has 2 aromatic carbocycles. The predicted octanol–water partition coefficient (Wildman–Crippen LogP) is 2.95. The summed E-state index contributed by atoms with van der Waals surface area (Å²) in [7, 11) is 3.03. The normalized spacial score (nSPS) is 14.7. The molecule has 10 heteroatoms. The van der Waals surface area contributed by atoms with Gasteiger partial charge in [-0.1, -0.05) is 12.1 Å². The number of para-hydroxylation sites is 1. The Hall–Kier alpha value is -4.60. The zero-order valence-corrected chi connectivity index (χ0v) is 19.8. The molecule has 1 aromatic heterocycles. The molecule has 3 aromatic rings. The van der Waals surface area contributed by atoms with Crippen LogP contribution in [0.3, 0.4) is 0 Å². The Morgan fingerprint density at radius 1 is 1.03 bits per heavy atom. The van der Waals surface area contributed by atoms with Crippen molar-refractivity contribution in [1.29, 1.82) is 0 Å². The molecule has 0 saturated heterocycles. The maximum atomic E-state index is 13.0. The third kappa shape index (κ3) is 5.54. The summed E-state index contributed by atoms with van der Waals surface area (Å²) in [5.41, 5.74) is 1.80. The van der Waals surface area contributed by atoms with Gasteiger partial charge in [-0.05, 0) is 54.1 Å². The van der Waals surface area contributed by atoms with Crippen LogP contribution in [-0.4, -0.2) is 55.9 Å². The zero-order chi connectivity index (χ0) is 25.5. The third-order valence-corrected chi connectivity index (χ3v) is 5.56. The number of hydrazone groups is 1. The summed E-state index contributed by atoms with van der Waals surface area (Å²) < 4.78 is 21.0. The highest BCUT2D eigenvalue weighted by molar-refractivity contribution is 6.03. The van der Waals surface area contributed by atoms with Crippen LogP contribution < -0.4 is 14.8 Å². The Morgan fingerprint density at radius 3 is 2.50 bits per heavy atom. The standard InChI is InChI=1S/C26H25N3O7/c1-33-18-11-9-17(10-12-18)20-14-21(23-8-5-13-35-23)29(28-20)24(30)16-36-25(31)15-27-26(32)19-6-3-4-7-22(19)34-2/h3-13,21H,14-16H2,1-2H3,(H,27,32)/t21-/m0/s1. The van der Waals surface area contributed by atoms with Crippen LogP contribution in [0.4, 0.5) is 0 Å². The molecule has 0 spiro atoms. The minimum Gasteiger partial charge on any atom is -0.497 e. The molecule has 10 nitrogen and oxygen atoms in total. The quantitative estimate of drug-likeness (QED) is 0.457. The van der Waals surface area contributed by atoms with Crippen LogP contribution in [0.25, 0.3) is 0 Å². The summed E-state index contributed by atoms with van der Waals surface area (Å²) in [6.45, 7) is -0.952. The predicted molar refractivity (Wildman–Crippen MR) is 129 cm³/mol. The van der Waals surface area contributed by atoms with E-state index in [0.717, 1.165) is 5.56 Å². The van der Waals surface area contributed by atoms with Crippen molar-refractivity contribution >= 4 is 23.5 Å². The van der Waals surface area contributed by atoms with Crippen LogP contribution in [0.5, 0.6) is 11.5 Å². The van der Waals surface area contributed by atoms with Crippen LogP contribution in [0.2, 0.25) is 0 Å². The van der Waals surface area contributed by atoms with E-state index in [4.69, 9.17) is 18.6 Å². The number of rotatable bonds is 9. The lowest BCUT2D eigenvalue weighted by atomic mass is 10.0. The van der Waals surface area contributed by atoms with Gasteiger partial charge in [0, 0.05) is 6.42 Å². The van der Waals surface area contributed by atoms with Crippen molar-refractivity contribution < 1.29 is 33.0 Å². The molecular weight excluding hydrogens is 466 g/mol. The van der Waals surface area contributed by atoms with Crippen molar-refractivity contribution in [2.45, 2.75) is 12.5 Å². The number of carbonyl (C=O) groups is 3. The fourth-order valence-electron chi connectivity index (χ4n) is 3.74. The number of nitrogens with one attached hydrogen (secondary N) is 1. The largest absolute Gasteiger partial charge is 0.497 e. The first kappa shape index (κ1) is 24.5. The minimum atomic E-state index is -0.764. The Labute approximate surface area is 207 Å². The van der Waals surface area contributed by atoms with Gasteiger partial charge in [-0.15, -0.1) is 0 Å². The van der Waals surface area contributed by atoms with Crippen LogP contribution in [-0.2, 0) is 14.3 Å². The average Bonchev–Trinajstić information content (AvgIpc) is 3.61. The molecule has 0 radical (unpaired) electrons. The van der Waals surface area contributed by atoms with Gasteiger partial charge in [0.1, 0.15) is 29.8 Å². The minimum absolute atomic E-state index is 0.280. The first-order chi connectivity index (χ1) is 17.5. The molecule has 36 heavy (non-hydrogen) atoms. The number of ether oxygens (including phenoxy) is 3. The average molecular weight is 492 g/mol. The summed E-state index contributed by atoms with van der Waals surface area (Å²) in [4.78, 5) is 37.5. The summed E-state index contributed by atoms with van der Waals surface area (Å²) in [6, 6.07) is 17.0. The number of hydrogen-bond donors (Lipinski definition) is 1. The van der Waals surface area contributed by atoms with Gasteiger partial charge in [0.15, 0.2) is 6.61 Å². The highest BCUT2D eigenvalue weighted by atomic mass is 16.5. The van der Waals surface area contributed by atoms with Crippen LogP contribution in [0.1, 0.15) is 34.1 Å². The van der Waals surface area contributed by atoms with Gasteiger partial charge < -0.3 is 23.9 Å². The monoisotopic (exact) mass is 491 g/mol. The molecule has 0 aliphatic carbocycles. The lowest BCUT2D eigenvalue weighted by Gasteiger charge is -2.19. The van der Waals surface area contributed by atoms with E-state index in [-0.39, 0.29) is 5.56 Å². The summed E-state index contributed by atoms with van der Waals surface area (Å²) in [6.07, 6.45) is 1.95. The maximum absolute atomic E-state index is 13.0. The molecule has 0 saturated carbocycles. The topological polar surface area (TPSA) is 120 Å². The summed E-state index contributed by atoms with van der Waals surface area (Å²) >= 11 is 0. The van der Waals surface area contributed by atoms with Crippen molar-refractivity contribution in [2.75, 3.05) is 27.4 Å². The molecule has 1 aliphatic rings. The molecular formula is C26H25N3O7. The number of carbonyl (C=O) groups excluding carboxylic acids is 3. The molecule has 1 atom stereocenters. The summed E-state index contributed by atoms with van der Waals surface area (Å²) in [5, 5.41) is 8.21. The fraction of sp³-hybridized carbons (Fsp3) is 0.231. The van der Waals surface area contributed by atoms with Crippen LogP contribution in [0, 0.1) is 0 Å². The first-order valence-electron chi connectivity index (χ1n) is 11.1. The van der Waals surface area contributed by atoms with Gasteiger partial charge in [0.05, 0.1) is 31.8 Å². The molecule has 4 rings (SSSR count). The van der Waals surface area contributed by atoms with Gasteiger partial charge in [-0.2, -0.15) is 5.10 Å². The molecule has 1 aliphatic heterocycles. The smallest absolute Gasteiger partial charge is 0.325 e. The second-order valence-corrected chi connectivity index (χ2v) is 7.79. The molecule has 186 valence electrons. The van der Waals surface area contributed by atoms with Gasteiger partial charge in [0.25, 0.3) is 11.8 Å². The van der Waals surface area contributed by atoms with E-state index in [9.17, 15) is 14.4 Å². The third-order valence-electron chi connectivity index (χ3n) is 5.56. The van der Waals surface area contributed by atoms with Crippen LogP contribution >= 0.6 is 0 Å². The van der Waals surface area contributed by atoms with E-state index >= 15 is 0 Å². The van der Waals surface area contributed by atoms with Crippen molar-refractivity contribution in [3.63, 3.8) is 0 Å².